The predicted molar refractivity (Wildman–Crippen MR) is 99.3 cm³/mol. The number of ether oxygens (including phenoxy) is 1. The van der Waals surface area contributed by atoms with Gasteiger partial charge in [-0.1, -0.05) is 18.2 Å². The Kier molecular flexibility index (Phi) is 8.32. The first-order valence-electron chi connectivity index (χ1n) is 8.53. The van der Waals surface area contributed by atoms with Gasteiger partial charge in [-0.15, -0.1) is 11.8 Å². The average Bonchev–Trinajstić information content (AvgIpc) is 3.03. The summed E-state index contributed by atoms with van der Waals surface area (Å²) in [5, 5.41) is 3.42. The number of benzene rings is 1. The third kappa shape index (κ3) is 6.43. The van der Waals surface area contributed by atoms with E-state index < -0.39 is 0 Å². The molecule has 5 heteroatoms. The molecule has 0 saturated carbocycles. The van der Waals surface area contributed by atoms with Crippen molar-refractivity contribution >= 4 is 17.7 Å². The Balaban J connectivity index is 1.73. The fraction of sp³-hybridized carbons (Fsp3) is 0.611. The number of thioether (sulfide) groups is 1. The molecule has 2 rings (SSSR count). The maximum absolute atomic E-state index is 5.28. The minimum Gasteiger partial charge on any atom is -0.384 e. The maximum Gasteiger partial charge on any atom is 0.193 e. The van der Waals surface area contributed by atoms with E-state index in [1.807, 2.05) is 11.8 Å². The molecule has 1 aliphatic rings. The predicted octanol–water partition coefficient (Wildman–Crippen LogP) is 3.10. The summed E-state index contributed by atoms with van der Waals surface area (Å²) >= 11 is 1.90. The molecule has 0 aliphatic carbocycles. The van der Waals surface area contributed by atoms with Gasteiger partial charge in [0, 0.05) is 44.1 Å². The average molecular weight is 336 g/mol. The van der Waals surface area contributed by atoms with Gasteiger partial charge in [0.05, 0.1) is 6.61 Å². The van der Waals surface area contributed by atoms with Crippen LogP contribution in [0, 0.1) is 5.92 Å². The van der Waals surface area contributed by atoms with E-state index in [1.165, 1.54) is 11.3 Å². The molecule has 1 N–H and O–H groups in total. The maximum atomic E-state index is 5.28. The van der Waals surface area contributed by atoms with Gasteiger partial charge in [0.15, 0.2) is 5.96 Å². The van der Waals surface area contributed by atoms with Crippen LogP contribution >= 0.6 is 11.8 Å². The zero-order valence-electron chi connectivity index (χ0n) is 14.3. The van der Waals surface area contributed by atoms with E-state index in [0.717, 1.165) is 50.9 Å². The van der Waals surface area contributed by atoms with Gasteiger partial charge in [-0.05, 0) is 37.7 Å². The van der Waals surface area contributed by atoms with E-state index in [4.69, 9.17) is 9.73 Å². The number of likely N-dealkylation sites (tertiary alicyclic amines) is 1. The van der Waals surface area contributed by atoms with Crippen LogP contribution in [0.25, 0.3) is 0 Å². The highest BCUT2D eigenvalue weighted by Crippen LogP contribution is 2.18. The molecule has 23 heavy (non-hydrogen) atoms. The molecule has 1 saturated heterocycles. The van der Waals surface area contributed by atoms with Gasteiger partial charge in [0.25, 0.3) is 0 Å². The molecule has 1 aromatic carbocycles. The summed E-state index contributed by atoms with van der Waals surface area (Å²) in [6.45, 7) is 6.92. The lowest BCUT2D eigenvalue weighted by atomic mass is 10.1. The first-order chi connectivity index (χ1) is 11.3. The number of methoxy groups -OCH3 is 1. The zero-order chi connectivity index (χ0) is 16.3. The summed E-state index contributed by atoms with van der Waals surface area (Å²) in [7, 11) is 1.78. The lowest BCUT2D eigenvalue weighted by molar-refractivity contribution is 0.157. The van der Waals surface area contributed by atoms with Crippen LogP contribution in [0.5, 0.6) is 0 Å². The highest BCUT2D eigenvalue weighted by Gasteiger charge is 2.24. The minimum absolute atomic E-state index is 0.637. The molecule has 0 radical (unpaired) electrons. The molecule has 1 atom stereocenters. The second-order valence-corrected chi connectivity index (χ2v) is 6.98. The first-order valence-corrected chi connectivity index (χ1v) is 9.52. The van der Waals surface area contributed by atoms with Crippen LogP contribution in [0.3, 0.4) is 0 Å². The zero-order valence-corrected chi connectivity index (χ0v) is 15.1. The van der Waals surface area contributed by atoms with Gasteiger partial charge < -0.3 is 15.0 Å². The Morgan fingerprint density at radius 1 is 1.39 bits per heavy atom. The molecule has 1 fully saturated rings. The van der Waals surface area contributed by atoms with E-state index in [0.29, 0.717) is 5.92 Å². The molecule has 0 amide bonds. The molecule has 4 nitrogen and oxygen atoms in total. The van der Waals surface area contributed by atoms with Crippen LogP contribution in [0.4, 0.5) is 0 Å². The number of nitrogens with zero attached hydrogens (tertiary/aromatic N) is 2. The fourth-order valence-corrected chi connectivity index (χ4v) is 3.64. The minimum atomic E-state index is 0.637. The van der Waals surface area contributed by atoms with Crippen molar-refractivity contribution in [3.8, 4) is 0 Å². The van der Waals surface area contributed by atoms with Crippen molar-refractivity contribution in [1.82, 2.24) is 10.2 Å². The number of guanidine groups is 1. The van der Waals surface area contributed by atoms with E-state index >= 15 is 0 Å². The molecule has 0 bridgehead atoms. The Labute approximate surface area is 144 Å². The van der Waals surface area contributed by atoms with Crippen LogP contribution in [0.15, 0.2) is 40.2 Å². The van der Waals surface area contributed by atoms with E-state index in [9.17, 15) is 0 Å². The standard InChI is InChI=1S/C18H29N3OS/c1-3-19-18(21-12-10-16(14-21)15-22-2)20-11-7-13-23-17-8-5-4-6-9-17/h4-6,8-9,16H,3,7,10-15H2,1-2H3,(H,19,20). The Morgan fingerprint density at radius 3 is 2.96 bits per heavy atom. The van der Waals surface area contributed by atoms with Gasteiger partial charge >= 0.3 is 0 Å². The van der Waals surface area contributed by atoms with E-state index in [1.54, 1.807) is 7.11 Å². The molecule has 0 aromatic heterocycles. The lowest BCUT2D eigenvalue weighted by Crippen LogP contribution is -2.40. The molecule has 1 unspecified atom stereocenters. The molecule has 128 valence electrons. The number of rotatable bonds is 8. The summed E-state index contributed by atoms with van der Waals surface area (Å²) in [6.07, 6.45) is 2.30. The molecule has 1 aromatic rings. The van der Waals surface area contributed by atoms with Crippen molar-refractivity contribution in [2.75, 3.05) is 45.6 Å². The SMILES string of the molecule is CCNC(=NCCCSc1ccccc1)N1CCC(COC)C1. The summed E-state index contributed by atoms with van der Waals surface area (Å²) in [5.74, 6) is 2.81. The monoisotopic (exact) mass is 335 g/mol. The van der Waals surface area contributed by atoms with Gasteiger partial charge in [0.1, 0.15) is 0 Å². The third-order valence-electron chi connectivity index (χ3n) is 3.90. The lowest BCUT2D eigenvalue weighted by Gasteiger charge is -2.21. The number of nitrogens with one attached hydrogen (secondary N) is 1. The van der Waals surface area contributed by atoms with Crippen molar-refractivity contribution in [3.05, 3.63) is 30.3 Å². The number of aliphatic imine (C=N–C) groups is 1. The van der Waals surface area contributed by atoms with Crippen molar-refractivity contribution in [2.24, 2.45) is 10.9 Å². The molecular weight excluding hydrogens is 306 g/mol. The summed E-state index contributed by atoms with van der Waals surface area (Å²) in [5.41, 5.74) is 0. The number of hydrogen-bond acceptors (Lipinski definition) is 3. The highest BCUT2D eigenvalue weighted by molar-refractivity contribution is 7.99. The Bertz CT molecular complexity index is 467. The molecule has 1 aliphatic heterocycles. The number of hydrogen-bond donors (Lipinski definition) is 1. The van der Waals surface area contributed by atoms with Gasteiger partial charge in [-0.2, -0.15) is 0 Å². The van der Waals surface area contributed by atoms with Crippen molar-refractivity contribution in [3.63, 3.8) is 0 Å². The van der Waals surface area contributed by atoms with Crippen molar-refractivity contribution in [1.29, 1.82) is 0 Å². The summed E-state index contributed by atoms with van der Waals surface area (Å²) < 4.78 is 5.28. The normalized spacial score (nSPS) is 18.4. The summed E-state index contributed by atoms with van der Waals surface area (Å²) in [4.78, 5) is 8.51. The second-order valence-electron chi connectivity index (χ2n) is 5.81. The van der Waals surface area contributed by atoms with Crippen molar-refractivity contribution in [2.45, 2.75) is 24.7 Å². The van der Waals surface area contributed by atoms with E-state index in [-0.39, 0.29) is 0 Å². The van der Waals surface area contributed by atoms with Crippen LogP contribution in [0.2, 0.25) is 0 Å². The quantitative estimate of drug-likeness (QED) is 0.343. The van der Waals surface area contributed by atoms with Gasteiger partial charge in [-0.3, -0.25) is 4.99 Å². The second kappa shape index (κ2) is 10.6. The van der Waals surface area contributed by atoms with Crippen LogP contribution in [-0.4, -0.2) is 56.5 Å². The Hall–Kier alpha value is -1.20. The van der Waals surface area contributed by atoms with Gasteiger partial charge in [-0.25, -0.2) is 0 Å². The first kappa shape index (κ1) is 18.1. The molecule has 1 heterocycles. The third-order valence-corrected chi connectivity index (χ3v) is 5.00. The van der Waals surface area contributed by atoms with Crippen LogP contribution in [0.1, 0.15) is 19.8 Å². The summed E-state index contributed by atoms with van der Waals surface area (Å²) in [6, 6.07) is 10.6. The smallest absolute Gasteiger partial charge is 0.193 e. The van der Waals surface area contributed by atoms with Crippen LogP contribution in [-0.2, 0) is 4.74 Å². The van der Waals surface area contributed by atoms with E-state index in [2.05, 4.69) is 47.5 Å². The van der Waals surface area contributed by atoms with Gasteiger partial charge in [0.2, 0.25) is 0 Å². The fourth-order valence-electron chi connectivity index (χ4n) is 2.78. The molecular formula is C18H29N3OS. The Morgan fingerprint density at radius 2 is 2.22 bits per heavy atom. The highest BCUT2D eigenvalue weighted by atomic mass is 32.2. The van der Waals surface area contributed by atoms with Crippen molar-refractivity contribution < 1.29 is 4.74 Å². The van der Waals surface area contributed by atoms with Crippen LogP contribution < -0.4 is 5.32 Å². The topological polar surface area (TPSA) is 36.9 Å². The largest absolute Gasteiger partial charge is 0.384 e. The molecule has 0 spiro atoms.